The second-order valence-corrected chi connectivity index (χ2v) is 6.00. The molecule has 2 aliphatic rings. The van der Waals surface area contributed by atoms with Crippen molar-refractivity contribution in [3.05, 3.63) is 11.5 Å². The largest absolute Gasteiger partial charge is 0.490 e. The Kier molecular flexibility index (Phi) is 3.41. The van der Waals surface area contributed by atoms with Crippen LogP contribution in [0.5, 0.6) is 0 Å². The lowest BCUT2D eigenvalue weighted by Gasteiger charge is -2.32. The fourth-order valence-electron chi connectivity index (χ4n) is 2.25. The van der Waals surface area contributed by atoms with E-state index in [2.05, 4.69) is 33.8 Å². The molecule has 0 spiro atoms. The van der Waals surface area contributed by atoms with Gasteiger partial charge < -0.3 is 14.0 Å². The van der Waals surface area contributed by atoms with E-state index in [9.17, 15) is 0 Å². The Hall–Kier alpha value is -0.315. The van der Waals surface area contributed by atoms with Crippen molar-refractivity contribution >= 4 is 7.12 Å². The highest BCUT2D eigenvalue weighted by atomic mass is 16.7. The number of hydrogen-bond donors (Lipinski definition) is 0. The molecule has 1 heterocycles. The molecule has 0 saturated carbocycles. The summed E-state index contributed by atoms with van der Waals surface area (Å²) < 4.78 is 17.4. The molecular formula is C13H23BO3. The third kappa shape index (κ3) is 2.44. The Morgan fingerprint density at radius 3 is 2.24 bits per heavy atom. The molecule has 0 aromatic rings. The molecule has 96 valence electrons. The minimum Gasteiger partial charge on any atom is -0.400 e. The van der Waals surface area contributed by atoms with Gasteiger partial charge in [-0.05, 0) is 52.4 Å². The fourth-order valence-corrected chi connectivity index (χ4v) is 2.25. The van der Waals surface area contributed by atoms with Crippen molar-refractivity contribution in [1.82, 2.24) is 0 Å². The van der Waals surface area contributed by atoms with E-state index in [0.717, 1.165) is 19.3 Å². The van der Waals surface area contributed by atoms with Crippen LogP contribution in [-0.4, -0.2) is 31.5 Å². The lowest BCUT2D eigenvalue weighted by Crippen LogP contribution is -2.41. The summed E-state index contributed by atoms with van der Waals surface area (Å²) in [4.78, 5) is 0. The van der Waals surface area contributed by atoms with Gasteiger partial charge in [0.25, 0.3) is 0 Å². The molecule has 0 unspecified atom stereocenters. The van der Waals surface area contributed by atoms with Crippen molar-refractivity contribution in [2.24, 2.45) is 0 Å². The first-order valence-electron chi connectivity index (χ1n) is 6.43. The third-order valence-electron chi connectivity index (χ3n) is 4.29. The number of ether oxygens (including phenoxy) is 1. The summed E-state index contributed by atoms with van der Waals surface area (Å²) in [5, 5.41) is 0. The molecule has 1 saturated heterocycles. The van der Waals surface area contributed by atoms with Crippen LogP contribution in [0.25, 0.3) is 0 Å². The van der Waals surface area contributed by atoms with Gasteiger partial charge in [-0.25, -0.2) is 0 Å². The zero-order valence-electron chi connectivity index (χ0n) is 11.6. The van der Waals surface area contributed by atoms with Gasteiger partial charge in [0, 0.05) is 7.11 Å². The maximum Gasteiger partial charge on any atom is 0.490 e. The first-order chi connectivity index (χ1) is 7.86. The Morgan fingerprint density at radius 1 is 1.24 bits per heavy atom. The molecule has 3 nitrogen and oxygen atoms in total. The van der Waals surface area contributed by atoms with E-state index in [-0.39, 0.29) is 18.3 Å². The fraction of sp³-hybridized carbons (Fsp3) is 0.846. The lowest BCUT2D eigenvalue weighted by molar-refractivity contribution is 0.00578. The van der Waals surface area contributed by atoms with E-state index in [4.69, 9.17) is 14.0 Å². The number of rotatable bonds is 2. The molecule has 1 aliphatic carbocycles. The number of methoxy groups -OCH3 is 1. The van der Waals surface area contributed by atoms with E-state index < -0.39 is 0 Å². The monoisotopic (exact) mass is 238 g/mol. The van der Waals surface area contributed by atoms with E-state index >= 15 is 0 Å². The summed E-state index contributed by atoms with van der Waals surface area (Å²) in [6, 6.07) is 0. The molecule has 0 aromatic heterocycles. The van der Waals surface area contributed by atoms with Crippen LogP contribution in [0.4, 0.5) is 0 Å². The Bertz CT molecular complexity index is 307. The summed E-state index contributed by atoms with van der Waals surface area (Å²) in [6.07, 6.45) is 5.62. The molecule has 0 amide bonds. The predicted octanol–water partition coefficient (Wildman–Crippen LogP) is 2.74. The quantitative estimate of drug-likeness (QED) is 0.692. The highest BCUT2D eigenvalue weighted by Crippen LogP contribution is 2.40. The van der Waals surface area contributed by atoms with Gasteiger partial charge in [-0.1, -0.05) is 6.08 Å². The predicted molar refractivity (Wildman–Crippen MR) is 68.8 cm³/mol. The maximum atomic E-state index is 6.04. The van der Waals surface area contributed by atoms with Crippen molar-refractivity contribution in [2.45, 2.75) is 64.3 Å². The van der Waals surface area contributed by atoms with Gasteiger partial charge in [0.2, 0.25) is 0 Å². The minimum atomic E-state index is -0.239. The van der Waals surface area contributed by atoms with Crippen LogP contribution in [0.2, 0.25) is 0 Å². The summed E-state index contributed by atoms with van der Waals surface area (Å²) in [7, 11) is 1.61. The smallest absolute Gasteiger partial charge is 0.400 e. The highest BCUT2D eigenvalue weighted by molar-refractivity contribution is 6.54. The molecule has 17 heavy (non-hydrogen) atoms. The SMILES string of the molecule is CO[C@H]1CC=C(B2OC(C)(C)C(C)(C)O2)CC1. The van der Waals surface area contributed by atoms with Gasteiger partial charge >= 0.3 is 7.12 Å². The van der Waals surface area contributed by atoms with Gasteiger partial charge in [-0.3, -0.25) is 0 Å². The van der Waals surface area contributed by atoms with Gasteiger partial charge in [-0.15, -0.1) is 0 Å². The number of hydrogen-bond acceptors (Lipinski definition) is 3. The molecule has 0 radical (unpaired) electrons. The van der Waals surface area contributed by atoms with E-state index in [0.29, 0.717) is 6.10 Å². The van der Waals surface area contributed by atoms with Crippen molar-refractivity contribution in [3.63, 3.8) is 0 Å². The van der Waals surface area contributed by atoms with Gasteiger partial charge in [0.15, 0.2) is 0 Å². The zero-order chi connectivity index (χ0) is 12.7. The third-order valence-corrected chi connectivity index (χ3v) is 4.29. The molecule has 4 heteroatoms. The van der Waals surface area contributed by atoms with Crippen LogP contribution in [0.15, 0.2) is 11.5 Å². The van der Waals surface area contributed by atoms with Crippen LogP contribution >= 0.6 is 0 Å². The Morgan fingerprint density at radius 2 is 1.82 bits per heavy atom. The highest BCUT2D eigenvalue weighted by Gasteiger charge is 2.52. The molecule has 0 N–H and O–H groups in total. The first-order valence-corrected chi connectivity index (χ1v) is 6.43. The molecule has 1 atom stereocenters. The lowest BCUT2D eigenvalue weighted by atomic mass is 9.72. The van der Waals surface area contributed by atoms with E-state index in [1.54, 1.807) is 7.11 Å². The van der Waals surface area contributed by atoms with Crippen LogP contribution in [-0.2, 0) is 14.0 Å². The Labute approximate surface area is 105 Å². The average molecular weight is 238 g/mol. The van der Waals surface area contributed by atoms with Crippen LogP contribution in [0.1, 0.15) is 47.0 Å². The maximum absolute atomic E-state index is 6.04. The normalized spacial score (nSPS) is 31.5. The van der Waals surface area contributed by atoms with Crippen LogP contribution < -0.4 is 0 Å². The molecule has 0 aromatic carbocycles. The molecule has 0 bridgehead atoms. The van der Waals surface area contributed by atoms with E-state index in [1.165, 1.54) is 5.47 Å². The second-order valence-electron chi connectivity index (χ2n) is 6.00. The van der Waals surface area contributed by atoms with Crippen molar-refractivity contribution in [2.75, 3.05) is 7.11 Å². The standard InChI is InChI=1S/C13H23BO3/c1-12(2)13(3,4)17-14(16-12)10-6-8-11(15-5)9-7-10/h6,11H,7-9H2,1-5H3/t11-/m0/s1. The zero-order valence-corrected chi connectivity index (χ0v) is 11.6. The van der Waals surface area contributed by atoms with Crippen molar-refractivity contribution < 1.29 is 14.0 Å². The first kappa shape index (κ1) is 13.1. The van der Waals surface area contributed by atoms with E-state index in [1.807, 2.05) is 0 Å². The topological polar surface area (TPSA) is 27.7 Å². The molecule has 1 fully saturated rings. The summed E-state index contributed by atoms with van der Waals surface area (Å²) >= 11 is 0. The Balaban J connectivity index is 2.05. The number of allylic oxidation sites excluding steroid dienone is 1. The second kappa shape index (κ2) is 4.41. The van der Waals surface area contributed by atoms with Gasteiger partial charge in [0.05, 0.1) is 17.3 Å². The summed E-state index contributed by atoms with van der Waals surface area (Å²) in [6.45, 7) is 8.37. The summed E-state index contributed by atoms with van der Waals surface area (Å²) in [5.41, 5.74) is 0.796. The van der Waals surface area contributed by atoms with Crippen molar-refractivity contribution in [1.29, 1.82) is 0 Å². The van der Waals surface area contributed by atoms with Crippen molar-refractivity contribution in [3.8, 4) is 0 Å². The van der Waals surface area contributed by atoms with Crippen LogP contribution in [0, 0.1) is 0 Å². The molecule has 2 rings (SSSR count). The van der Waals surface area contributed by atoms with Crippen LogP contribution in [0.3, 0.4) is 0 Å². The average Bonchev–Trinajstić information content (AvgIpc) is 2.48. The molecule has 1 aliphatic heterocycles. The molecular weight excluding hydrogens is 215 g/mol. The van der Waals surface area contributed by atoms with Gasteiger partial charge in [-0.2, -0.15) is 0 Å². The summed E-state index contributed by atoms with van der Waals surface area (Å²) in [5.74, 6) is 0. The van der Waals surface area contributed by atoms with Gasteiger partial charge in [0.1, 0.15) is 0 Å². The minimum absolute atomic E-state index is 0.169.